The maximum atomic E-state index is 11.0. The van der Waals surface area contributed by atoms with Crippen LogP contribution in [0.4, 0.5) is 11.5 Å². The minimum absolute atomic E-state index is 0.0303. The Bertz CT molecular complexity index is 809. The maximum Gasteiger partial charge on any atom is 0.272 e. The molecule has 1 aromatic carbocycles. The molecule has 0 aliphatic rings. The lowest BCUT2D eigenvalue weighted by Crippen LogP contribution is -2.03. The standard InChI is InChI=1S/C14H11Cl3N4O2/c1-7-3-4-9(5-12(7)21(22)23)8(2)19-20-14-11(16)6-10(15)13(17)18-14/h3-6H,1-2H3,(H,18,20). The monoisotopic (exact) mass is 372 g/mol. The molecule has 0 radical (unpaired) electrons. The number of anilines is 1. The smallest absolute Gasteiger partial charge is 0.260 e. The second kappa shape index (κ2) is 7.12. The van der Waals surface area contributed by atoms with Crippen molar-refractivity contribution in [2.75, 3.05) is 5.43 Å². The van der Waals surface area contributed by atoms with E-state index in [1.54, 1.807) is 26.0 Å². The van der Waals surface area contributed by atoms with E-state index in [-0.39, 0.29) is 26.7 Å². The highest BCUT2D eigenvalue weighted by Gasteiger charge is 2.12. The fourth-order valence-electron chi connectivity index (χ4n) is 1.76. The summed E-state index contributed by atoms with van der Waals surface area (Å²) in [5.41, 5.74) is 4.41. The first kappa shape index (κ1) is 17.5. The first-order chi connectivity index (χ1) is 10.8. The molecule has 0 unspecified atom stereocenters. The van der Waals surface area contributed by atoms with Gasteiger partial charge >= 0.3 is 0 Å². The molecule has 6 nitrogen and oxygen atoms in total. The Kier molecular flexibility index (Phi) is 5.41. The molecule has 1 aromatic heterocycles. The Hall–Kier alpha value is -1.89. The van der Waals surface area contributed by atoms with E-state index >= 15 is 0 Å². The van der Waals surface area contributed by atoms with Crippen molar-refractivity contribution >= 4 is 52.0 Å². The van der Waals surface area contributed by atoms with E-state index < -0.39 is 4.92 Å². The molecule has 0 fully saturated rings. The average Bonchev–Trinajstić information content (AvgIpc) is 2.49. The van der Waals surface area contributed by atoms with E-state index in [1.807, 2.05) is 0 Å². The van der Waals surface area contributed by atoms with E-state index in [0.717, 1.165) is 0 Å². The van der Waals surface area contributed by atoms with Crippen molar-refractivity contribution in [3.63, 3.8) is 0 Å². The van der Waals surface area contributed by atoms with E-state index in [0.29, 0.717) is 16.8 Å². The fraction of sp³-hybridized carbons (Fsp3) is 0.143. The van der Waals surface area contributed by atoms with Gasteiger partial charge in [0, 0.05) is 17.2 Å². The van der Waals surface area contributed by atoms with Gasteiger partial charge in [-0.25, -0.2) is 4.98 Å². The van der Waals surface area contributed by atoms with Gasteiger partial charge in [0.1, 0.15) is 5.15 Å². The topological polar surface area (TPSA) is 80.4 Å². The quantitative estimate of drug-likeness (QED) is 0.350. The SMILES string of the molecule is CC(=NNc1nc(Cl)c(Cl)cc1Cl)c1ccc(C)c([N+](=O)[O-])c1. The number of nitro benzene ring substituents is 1. The summed E-state index contributed by atoms with van der Waals surface area (Å²) in [5, 5.41) is 15.7. The van der Waals surface area contributed by atoms with Crippen LogP contribution in [0.5, 0.6) is 0 Å². The van der Waals surface area contributed by atoms with Gasteiger partial charge < -0.3 is 0 Å². The number of pyridine rings is 1. The third kappa shape index (κ3) is 4.10. The number of nitro groups is 1. The Morgan fingerprint density at radius 2 is 1.96 bits per heavy atom. The second-order valence-electron chi connectivity index (χ2n) is 4.66. The highest BCUT2D eigenvalue weighted by Crippen LogP contribution is 2.29. The molecular weight excluding hydrogens is 363 g/mol. The number of rotatable bonds is 4. The van der Waals surface area contributed by atoms with Crippen LogP contribution in [0.2, 0.25) is 15.2 Å². The fourth-order valence-corrected chi connectivity index (χ4v) is 2.29. The van der Waals surface area contributed by atoms with Crippen LogP contribution in [0.15, 0.2) is 29.4 Å². The normalized spacial score (nSPS) is 11.4. The van der Waals surface area contributed by atoms with Crippen LogP contribution in [-0.2, 0) is 0 Å². The molecule has 0 spiro atoms. The Balaban J connectivity index is 2.29. The van der Waals surface area contributed by atoms with Gasteiger partial charge in [0.2, 0.25) is 0 Å². The number of nitrogens with one attached hydrogen (secondary N) is 1. The summed E-state index contributed by atoms with van der Waals surface area (Å²) >= 11 is 17.6. The predicted molar refractivity (Wildman–Crippen MR) is 92.9 cm³/mol. The predicted octanol–water partition coefficient (Wildman–Crippen LogP) is 5.09. The minimum Gasteiger partial charge on any atom is -0.260 e. The molecular formula is C14H11Cl3N4O2. The molecule has 23 heavy (non-hydrogen) atoms. The molecule has 2 aromatic rings. The lowest BCUT2D eigenvalue weighted by atomic mass is 10.1. The molecule has 0 aliphatic heterocycles. The van der Waals surface area contributed by atoms with Crippen LogP contribution < -0.4 is 5.43 Å². The van der Waals surface area contributed by atoms with E-state index in [4.69, 9.17) is 34.8 Å². The molecule has 0 saturated carbocycles. The van der Waals surface area contributed by atoms with Crippen LogP contribution in [0.1, 0.15) is 18.1 Å². The van der Waals surface area contributed by atoms with E-state index in [9.17, 15) is 10.1 Å². The van der Waals surface area contributed by atoms with Gasteiger partial charge in [-0.15, -0.1) is 0 Å². The van der Waals surface area contributed by atoms with Crippen molar-refractivity contribution in [1.29, 1.82) is 0 Å². The summed E-state index contributed by atoms with van der Waals surface area (Å²) < 4.78 is 0. The molecule has 0 bridgehead atoms. The van der Waals surface area contributed by atoms with Crippen LogP contribution in [0.25, 0.3) is 0 Å². The van der Waals surface area contributed by atoms with Gasteiger partial charge in [-0.05, 0) is 19.9 Å². The van der Waals surface area contributed by atoms with Crippen molar-refractivity contribution in [3.8, 4) is 0 Å². The van der Waals surface area contributed by atoms with E-state index in [2.05, 4.69) is 15.5 Å². The molecule has 0 amide bonds. The number of nitrogens with zero attached hydrogens (tertiary/aromatic N) is 3. The lowest BCUT2D eigenvalue weighted by Gasteiger charge is -2.06. The summed E-state index contributed by atoms with van der Waals surface area (Å²) in [4.78, 5) is 14.5. The minimum atomic E-state index is -0.434. The highest BCUT2D eigenvalue weighted by molar-refractivity contribution is 6.42. The molecule has 2 rings (SSSR count). The largest absolute Gasteiger partial charge is 0.272 e. The van der Waals surface area contributed by atoms with Crippen molar-refractivity contribution in [3.05, 3.63) is 60.7 Å². The summed E-state index contributed by atoms with van der Waals surface area (Å²) in [6.45, 7) is 3.37. The number of hydrazone groups is 1. The van der Waals surface area contributed by atoms with Gasteiger partial charge in [-0.3, -0.25) is 15.5 Å². The Morgan fingerprint density at radius 1 is 1.26 bits per heavy atom. The second-order valence-corrected chi connectivity index (χ2v) is 5.83. The number of halogens is 3. The summed E-state index contributed by atoms with van der Waals surface area (Å²) in [5.74, 6) is 0.238. The number of aryl methyl sites for hydroxylation is 1. The van der Waals surface area contributed by atoms with Crippen LogP contribution in [0, 0.1) is 17.0 Å². The lowest BCUT2D eigenvalue weighted by molar-refractivity contribution is -0.385. The van der Waals surface area contributed by atoms with Crippen LogP contribution in [0.3, 0.4) is 0 Å². The molecule has 120 valence electrons. The van der Waals surface area contributed by atoms with Crippen molar-refractivity contribution in [1.82, 2.24) is 4.98 Å². The highest BCUT2D eigenvalue weighted by atomic mass is 35.5. The molecule has 0 atom stereocenters. The summed E-state index contributed by atoms with van der Waals surface area (Å²) in [7, 11) is 0. The molecule has 1 heterocycles. The zero-order valence-electron chi connectivity index (χ0n) is 12.1. The summed E-state index contributed by atoms with van der Waals surface area (Å²) in [6.07, 6.45) is 0. The number of benzene rings is 1. The summed E-state index contributed by atoms with van der Waals surface area (Å²) in [6, 6.07) is 6.31. The van der Waals surface area contributed by atoms with Crippen LogP contribution in [-0.4, -0.2) is 15.6 Å². The number of hydrogen-bond donors (Lipinski definition) is 1. The van der Waals surface area contributed by atoms with Gasteiger partial charge in [-0.1, -0.05) is 46.9 Å². The molecule has 9 heteroatoms. The van der Waals surface area contributed by atoms with Crippen molar-refractivity contribution in [2.24, 2.45) is 5.10 Å². The van der Waals surface area contributed by atoms with Crippen LogP contribution >= 0.6 is 34.8 Å². The van der Waals surface area contributed by atoms with Gasteiger partial charge in [0.25, 0.3) is 5.69 Å². The van der Waals surface area contributed by atoms with Crippen molar-refractivity contribution < 1.29 is 4.92 Å². The molecule has 1 N–H and O–H groups in total. The Labute approximate surface area is 147 Å². The zero-order chi connectivity index (χ0) is 17.1. The first-order valence-corrected chi connectivity index (χ1v) is 7.50. The van der Waals surface area contributed by atoms with Crippen molar-refractivity contribution in [2.45, 2.75) is 13.8 Å². The van der Waals surface area contributed by atoms with Gasteiger partial charge in [-0.2, -0.15) is 5.10 Å². The molecule has 0 aliphatic carbocycles. The maximum absolute atomic E-state index is 11.0. The first-order valence-electron chi connectivity index (χ1n) is 6.37. The third-order valence-electron chi connectivity index (χ3n) is 3.04. The van der Waals surface area contributed by atoms with E-state index in [1.165, 1.54) is 12.1 Å². The van der Waals surface area contributed by atoms with Gasteiger partial charge in [0.15, 0.2) is 5.82 Å². The average molecular weight is 374 g/mol. The molecule has 0 saturated heterocycles. The zero-order valence-corrected chi connectivity index (χ0v) is 14.4. The third-order valence-corrected chi connectivity index (χ3v) is 4.00. The van der Waals surface area contributed by atoms with Gasteiger partial charge in [0.05, 0.1) is 20.7 Å². The number of aromatic nitrogens is 1. The Morgan fingerprint density at radius 3 is 2.61 bits per heavy atom. The number of hydrogen-bond acceptors (Lipinski definition) is 5.